The molecular formula is C16H17FN2O2. The Morgan fingerprint density at radius 3 is 2.67 bits per heavy atom. The number of aryl methyl sites for hydroxylation is 2. The monoisotopic (exact) mass is 288 g/mol. The number of aromatic nitrogens is 2. The highest BCUT2D eigenvalue weighted by atomic mass is 19.1. The van der Waals surface area contributed by atoms with E-state index in [-0.39, 0.29) is 0 Å². The molecule has 0 bridgehead atoms. The van der Waals surface area contributed by atoms with E-state index in [0.717, 1.165) is 30.3 Å². The first-order valence-electron chi connectivity index (χ1n) is 6.83. The quantitative estimate of drug-likeness (QED) is 0.859. The molecule has 0 aliphatic rings. The molecule has 2 rings (SSSR count). The number of carbonyl (C=O) groups is 1. The second-order valence-corrected chi connectivity index (χ2v) is 4.66. The number of carboxylic acid groups (broad SMARTS) is 1. The number of nitrogens with zero attached hydrogens (tertiary/aromatic N) is 2. The third-order valence-electron chi connectivity index (χ3n) is 3.13. The minimum atomic E-state index is -1.07. The van der Waals surface area contributed by atoms with E-state index in [2.05, 4.69) is 5.10 Å². The molecule has 2 aromatic rings. The van der Waals surface area contributed by atoms with Crippen molar-refractivity contribution in [3.8, 4) is 5.69 Å². The Labute approximate surface area is 122 Å². The average Bonchev–Trinajstić information content (AvgIpc) is 2.88. The van der Waals surface area contributed by atoms with E-state index in [4.69, 9.17) is 5.11 Å². The van der Waals surface area contributed by atoms with Gasteiger partial charge >= 0.3 is 5.97 Å². The highest BCUT2D eigenvalue weighted by Crippen LogP contribution is 2.18. The van der Waals surface area contributed by atoms with Crippen LogP contribution in [0, 0.1) is 5.82 Å². The summed E-state index contributed by atoms with van der Waals surface area (Å²) < 4.78 is 15.4. The summed E-state index contributed by atoms with van der Waals surface area (Å²) in [5.41, 5.74) is 3.02. The van der Waals surface area contributed by atoms with E-state index in [0.29, 0.717) is 11.3 Å². The van der Waals surface area contributed by atoms with Crippen molar-refractivity contribution in [1.29, 1.82) is 0 Å². The first kappa shape index (κ1) is 15.0. The van der Waals surface area contributed by atoms with Crippen molar-refractivity contribution in [3.63, 3.8) is 0 Å². The van der Waals surface area contributed by atoms with Gasteiger partial charge in [0.05, 0.1) is 11.4 Å². The molecule has 0 aliphatic heterocycles. The lowest BCUT2D eigenvalue weighted by atomic mass is 10.1. The van der Waals surface area contributed by atoms with Gasteiger partial charge in [0.2, 0.25) is 0 Å². The SMILES string of the molecule is CCc1cc(CC)n(-c2cc(F)cc(/C=C/C(=O)O)c2)n1. The number of rotatable bonds is 5. The molecule has 0 saturated carbocycles. The molecule has 0 aliphatic carbocycles. The summed E-state index contributed by atoms with van der Waals surface area (Å²) in [7, 11) is 0. The molecule has 21 heavy (non-hydrogen) atoms. The second-order valence-electron chi connectivity index (χ2n) is 4.66. The van der Waals surface area contributed by atoms with E-state index >= 15 is 0 Å². The summed E-state index contributed by atoms with van der Waals surface area (Å²) in [5.74, 6) is -1.49. The zero-order chi connectivity index (χ0) is 15.4. The van der Waals surface area contributed by atoms with E-state index in [1.807, 2.05) is 19.9 Å². The molecule has 5 heteroatoms. The van der Waals surface area contributed by atoms with Gasteiger partial charge in [0.25, 0.3) is 0 Å². The Hall–Kier alpha value is -2.43. The maximum Gasteiger partial charge on any atom is 0.328 e. The van der Waals surface area contributed by atoms with Crippen molar-refractivity contribution in [2.75, 3.05) is 0 Å². The predicted octanol–water partition coefficient (Wildman–Crippen LogP) is 3.23. The van der Waals surface area contributed by atoms with Crippen molar-refractivity contribution in [3.05, 3.63) is 53.1 Å². The van der Waals surface area contributed by atoms with Crippen LogP contribution >= 0.6 is 0 Å². The molecule has 110 valence electrons. The fourth-order valence-corrected chi connectivity index (χ4v) is 2.11. The van der Waals surface area contributed by atoms with E-state index in [1.165, 1.54) is 18.2 Å². The molecule has 1 aromatic carbocycles. The van der Waals surface area contributed by atoms with Crippen LogP contribution < -0.4 is 0 Å². The molecule has 0 unspecified atom stereocenters. The van der Waals surface area contributed by atoms with Gasteiger partial charge in [0, 0.05) is 11.8 Å². The van der Waals surface area contributed by atoms with Gasteiger partial charge in [-0.1, -0.05) is 13.8 Å². The van der Waals surface area contributed by atoms with Crippen LogP contribution in [0.4, 0.5) is 4.39 Å². The van der Waals surface area contributed by atoms with Crippen molar-refractivity contribution < 1.29 is 14.3 Å². The Bertz CT molecular complexity index is 690. The topological polar surface area (TPSA) is 55.1 Å². The minimum Gasteiger partial charge on any atom is -0.478 e. The number of hydrogen-bond donors (Lipinski definition) is 1. The summed E-state index contributed by atoms with van der Waals surface area (Å²) in [5, 5.41) is 13.1. The van der Waals surface area contributed by atoms with Gasteiger partial charge < -0.3 is 5.11 Å². The molecule has 1 N–H and O–H groups in total. The van der Waals surface area contributed by atoms with Crippen molar-refractivity contribution >= 4 is 12.0 Å². The van der Waals surface area contributed by atoms with E-state index in [9.17, 15) is 9.18 Å². The third-order valence-corrected chi connectivity index (χ3v) is 3.13. The molecule has 0 saturated heterocycles. The van der Waals surface area contributed by atoms with Gasteiger partial charge in [0.1, 0.15) is 5.82 Å². The maximum atomic E-state index is 13.7. The molecule has 0 spiro atoms. The third kappa shape index (κ3) is 3.56. The van der Waals surface area contributed by atoms with Crippen LogP contribution in [0.1, 0.15) is 30.8 Å². The zero-order valence-corrected chi connectivity index (χ0v) is 12.0. The van der Waals surface area contributed by atoms with Gasteiger partial charge in [-0.2, -0.15) is 5.10 Å². The van der Waals surface area contributed by atoms with Crippen molar-refractivity contribution in [1.82, 2.24) is 9.78 Å². The lowest BCUT2D eigenvalue weighted by Crippen LogP contribution is -2.02. The van der Waals surface area contributed by atoms with Crippen LogP contribution in [-0.2, 0) is 17.6 Å². The molecule has 0 fully saturated rings. The largest absolute Gasteiger partial charge is 0.478 e. The molecule has 4 nitrogen and oxygen atoms in total. The lowest BCUT2D eigenvalue weighted by Gasteiger charge is -2.07. The molecule has 1 heterocycles. The number of benzene rings is 1. The van der Waals surface area contributed by atoms with Crippen LogP contribution in [0.5, 0.6) is 0 Å². The van der Waals surface area contributed by atoms with Gasteiger partial charge in [-0.05, 0) is 48.7 Å². The first-order chi connectivity index (χ1) is 10.0. The van der Waals surface area contributed by atoms with Crippen molar-refractivity contribution in [2.45, 2.75) is 26.7 Å². The summed E-state index contributed by atoms with van der Waals surface area (Å²) >= 11 is 0. The standard InChI is InChI=1S/C16H17FN2O2/c1-3-13-10-14(4-2)19(18-13)15-8-11(5-6-16(20)21)7-12(17)9-15/h5-10H,3-4H2,1-2H3,(H,20,21)/b6-5+. The van der Waals surface area contributed by atoms with Crippen LogP contribution in [0.25, 0.3) is 11.8 Å². The zero-order valence-electron chi connectivity index (χ0n) is 12.0. The molecule has 0 atom stereocenters. The maximum absolute atomic E-state index is 13.7. The Kier molecular flexibility index (Phi) is 4.52. The molecular weight excluding hydrogens is 271 g/mol. The smallest absolute Gasteiger partial charge is 0.328 e. The Morgan fingerprint density at radius 1 is 1.29 bits per heavy atom. The molecule has 0 radical (unpaired) electrons. The number of carboxylic acids is 1. The minimum absolute atomic E-state index is 0.423. The first-order valence-corrected chi connectivity index (χ1v) is 6.83. The van der Waals surface area contributed by atoms with Gasteiger partial charge in [-0.15, -0.1) is 0 Å². The Balaban J connectivity index is 2.48. The fraction of sp³-hybridized carbons (Fsp3) is 0.250. The highest BCUT2D eigenvalue weighted by molar-refractivity contribution is 5.85. The van der Waals surface area contributed by atoms with Crippen LogP contribution in [0.15, 0.2) is 30.3 Å². The normalized spacial score (nSPS) is 11.2. The lowest BCUT2D eigenvalue weighted by molar-refractivity contribution is -0.131. The van der Waals surface area contributed by atoms with Gasteiger partial charge in [0.15, 0.2) is 0 Å². The van der Waals surface area contributed by atoms with Gasteiger partial charge in [-0.25, -0.2) is 13.9 Å². The van der Waals surface area contributed by atoms with Crippen molar-refractivity contribution in [2.24, 2.45) is 0 Å². The van der Waals surface area contributed by atoms with E-state index < -0.39 is 11.8 Å². The number of halogens is 1. The highest BCUT2D eigenvalue weighted by Gasteiger charge is 2.09. The fourth-order valence-electron chi connectivity index (χ4n) is 2.11. The summed E-state index contributed by atoms with van der Waals surface area (Å²) in [6, 6.07) is 6.40. The Morgan fingerprint density at radius 2 is 2.05 bits per heavy atom. The average molecular weight is 288 g/mol. The summed E-state index contributed by atoms with van der Waals surface area (Å²) in [6.45, 7) is 4.02. The molecule has 1 aromatic heterocycles. The molecule has 0 amide bonds. The summed E-state index contributed by atoms with van der Waals surface area (Å²) in [4.78, 5) is 10.6. The summed E-state index contributed by atoms with van der Waals surface area (Å²) in [6.07, 6.45) is 3.94. The van der Waals surface area contributed by atoms with Crippen LogP contribution in [0.3, 0.4) is 0 Å². The predicted molar refractivity (Wildman–Crippen MR) is 78.9 cm³/mol. The van der Waals surface area contributed by atoms with E-state index in [1.54, 1.807) is 10.7 Å². The second kappa shape index (κ2) is 6.35. The number of hydrogen-bond acceptors (Lipinski definition) is 2. The van der Waals surface area contributed by atoms with Gasteiger partial charge in [-0.3, -0.25) is 0 Å². The number of aliphatic carboxylic acids is 1. The van der Waals surface area contributed by atoms with Crippen LogP contribution in [0.2, 0.25) is 0 Å². The van der Waals surface area contributed by atoms with Crippen LogP contribution in [-0.4, -0.2) is 20.9 Å².